The first-order valence-electron chi connectivity index (χ1n) is 12.6. The summed E-state index contributed by atoms with van der Waals surface area (Å²) in [6, 6.07) is 5.69. The highest BCUT2D eigenvalue weighted by atomic mass is 16.4. The highest BCUT2D eigenvalue weighted by molar-refractivity contribution is 5.94. The maximum absolute atomic E-state index is 13.3. The minimum atomic E-state index is -1.14. The molecule has 11 heteroatoms. The van der Waals surface area contributed by atoms with E-state index in [1.54, 1.807) is 6.92 Å². The molecule has 11 nitrogen and oxygen atoms in total. The van der Waals surface area contributed by atoms with E-state index in [-0.39, 0.29) is 18.2 Å². The number of rotatable bonds is 12. The standard InChI is InChI=1S/C26H36N6O5/c1-3-16(2)22(26(36)37)31-23(33)20(13-18-14-28-15-29-18)30-24(34)21-10-7-11-32(21)25(35)19(27)12-17-8-5-4-6-9-17/h4-6,8-9,14-16,19-22H,3,7,10-13,27H2,1-2H3,(H,28,29)(H,30,34)(H,31,33)(H,36,37). The zero-order valence-electron chi connectivity index (χ0n) is 21.2. The van der Waals surface area contributed by atoms with E-state index in [0.29, 0.717) is 37.9 Å². The average molecular weight is 513 g/mol. The van der Waals surface area contributed by atoms with Crippen LogP contribution in [-0.2, 0) is 32.0 Å². The van der Waals surface area contributed by atoms with Crippen LogP contribution < -0.4 is 16.4 Å². The van der Waals surface area contributed by atoms with Crippen LogP contribution in [0, 0.1) is 5.92 Å². The summed E-state index contributed by atoms with van der Waals surface area (Å²) >= 11 is 0. The van der Waals surface area contributed by atoms with Crippen molar-refractivity contribution in [3.63, 3.8) is 0 Å². The van der Waals surface area contributed by atoms with E-state index in [9.17, 15) is 24.3 Å². The Morgan fingerprint density at radius 1 is 1.19 bits per heavy atom. The third kappa shape index (κ3) is 7.39. The molecule has 1 saturated heterocycles. The van der Waals surface area contributed by atoms with Crippen molar-refractivity contribution < 1.29 is 24.3 Å². The van der Waals surface area contributed by atoms with Crippen LogP contribution in [0.25, 0.3) is 0 Å². The highest BCUT2D eigenvalue weighted by Crippen LogP contribution is 2.20. The lowest BCUT2D eigenvalue weighted by molar-refractivity contribution is -0.144. The summed E-state index contributed by atoms with van der Waals surface area (Å²) in [5.41, 5.74) is 7.72. The number of aromatic amines is 1. The van der Waals surface area contributed by atoms with E-state index >= 15 is 0 Å². The molecule has 200 valence electrons. The van der Waals surface area contributed by atoms with Gasteiger partial charge in [0, 0.05) is 24.9 Å². The molecule has 1 fully saturated rings. The third-order valence-corrected chi connectivity index (χ3v) is 6.84. The lowest BCUT2D eigenvalue weighted by Gasteiger charge is -2.29. The van der Waals surface area contributed by atoms with Gasteiger partial charge >= 0.3 is 5.97 Å². The van der Waals surface area contributed by atoms with Crippen molar-refractivity contribution in [1.29, 1.82) is 0 Å². The van der Waals surface area contributed by atoms with Gasteiger partial charge in [-0.25, -0.2) is 9.78 Å². The van der Waals surface area contributed by atoms with Crippen LogP contribution in [0.4, 0.5) is 0 Å². The normalized spacial score (nSPS) is 18.5. The molecule has 1 aromatic carbocycles. The number of aromatic nitrogens is 2. The lowest BCUT2D eigenvalue weighted by Crippen LogP contribution is -2.58. The number of carbonyl (C=O) groups excluding carboxylic acids is 3. The lowest BCUT2D eigenvalue weighted by atomic mass is 9.98. The number of likely N-dealkylation sites (tertiary alicyclic amines) is 1. The number of carboxylic acid groups (broad SMARTS) is 1. The number of nitrogens with one attached hydrogen (secondary N) is 3. The van der Waals surface area contributed by atoms with E-state index in [1.807, 2.05) is 37.3 Å². The number of amides is 3. The molecule has 37 heavy (non-hydrogen) atoms. The molecule has 3 amide bonds. The van der Waals surface area contributed by atoms with Gasteiger partial charge in [-0.3, -0.25) is 14.4 Å². The molecule has 2 heterocycles. The Labute approximate surface area is 216 Å². The van der Waals surface area contributed by atoms with Gasteiger partial charge in [0.1, 0.15) is 18.1 Å². The first kappa shape index (κ1) is 27.9. The Hall–Kier alpha value is -3.73. The summed E-state index contributed by atoms with van der Waals surface area (Å²) in [6.45, 7) is 3.97. The molecule has 0 radical (unpaired) electrons. The SMILES string of the molecule is CCC(C)C(NC(=O)C(Cc1cnc[nH]1)NC(=O)C1CCCN1C(=O)C(N)Cc1ccccc1)C(=O)O. The van der Waals surface area contributed by atoms with E-state index in [0.717, 1.165) is 5.56 Å². The highest BCUT2D eigenvalue weighted by Gasteiger charge is 2.38. The topological polar surface area (TPSA) is 171 Å². The van der Waals surface area contributed by atoms with Crippen molar-refractivity contribution in [3.05, 3.63) is 54.1 Å². The minimum absolute atomic E-state index is 0.0820. The summed E-state index contributed by atoms with van der Waals surface area (Å²) in [7, 11) is 0. The molecule has 3 rings (SSSR count). The van der Waals surface area contributed by atoms with Crippen molar-refractivity contribution in [2.75, 3.05) is 6.54 Å². The van der Waals surface area contributed by atoms with Crippen LogP contribution in [-0.4, -0.2) is 74.4 Å². The van der Waals surface area contributed by atoms with Crippen molar-refractivity contribution in [1.82, 2.24) is 25.5 Å². The fourth-order valence-corrected chi connectivity index (χ4v) is 4.50. The number of hydrogen-bond acceptors (Lipinski definition) is 6. The molecule has 0 saturated carbocycles. The molecular formula is C26H36N6O5. The number of imidazole rings is 1. The Bertz CT molecular complexity index is 1060. The number of nitrogens with zero attached hydrogens (tertiary/aromatic N) is 2. The van der Waals surface area contributed by atoms with Crippen LogP contribution >= 0.6 is 0 Å². The molecular weight excluding hydrogens is 476 g/mol. The largest absolute Gasteiger partial charge is 0.480 e. The predicted octanol–water partition coefficient (Wildman–Crippen LogP) is 0.614. The number of hydrogen-bond donors (Lipinski definition) is 5. The number of H-pyrrole nitrogens is 1. The minimum Gasteiger partial charge on any atom is -0.480 e. The molecule has 1 aromatic heterocycles. The maximum Gasteiger partial charge on any atom is 0.326 e. The van der Waals surface area contributed by atoms with Gasteiger partial charge in [0.25, 0.3) is 0 Å². The zero-order valence-corrected chi connectivity index (χ0v) is 21.2. The zero-order chi connectivity index (χ0) is 26.9. The number of nitrogens with two attached hydrogens (primary N) is 1. The molecule has 5 atom stereocenters. The smallest absolute Gasteiger partial charge is 0.326 e. The second kappa shape index (κ2) is 13.0. The maximum atomic E-state index is 13.3. The van der Waals surface area contributed by atoms with Gasteiger partial charge in [0.05, 0.1) is 12.4 Å². The summed E-state index contributed by atoms with van der Waals surface area (Å²) in [5, 5.41) is 14.9. The summed E-state index contributed by atoms with van der Waals surface area (Å²) < 4.78 is 0. The second-order valence-electron chi connectivity index (χ2n) is 9.54. The molecule has 0 aliphatic carbocycles. The summed E-state index contributed by atoms with van der Waals surface area (Å²) in [4.78, 5) is 59.7. The van der Waals surface area contributed by atoms with E-state index in [2.05, 4.69) is 20.6 Å². The Balaban J connectivity index is 1.71. The number of carbonyl (C=O) groups is 4. The van der Waals surface area contributed by atoms with Crippen molar-refractivity contribution in [2.24, 2.45) is 11.7 Å². The van der Waals surface area contributed by atoms with Crippen LogP contribution in [0.15, 0.2) is 42.9 Å². The molecule has 0 spiro atoms. The van der Waals surface area contributed by atoms with Gasteiger partial charge < -0.3 is 31.4 Å². The number of carboxylic acids is 1. The predicted molar refractivity (Wildman–Crippen MR) is 136 cm³/mol. The fraction of sp³-hybridized carbons (Fsp3) is 0.500. The molecule has 1 aliphatic heterocycles. The molecule has 6 N–H and O–H groups in total. The van der Waals surface area contributed by atoms with Gasteiger partial charge in [0.2, 0.25) is 17.7 Å². The quantitative estimate of drug-likeness (QED) is 0.277. The van der Waals surface area contributed by atoms with Crippen molar-refractivity contribution >= 4 is 23.7 Å². The molecule has 2 aromatic rings. The first-order valence-corrected chi connectivity index (χ1v) is 12.6. The molecule has 1 aliphatic rings. The van der Waals surface area contributed by atoms with Crippen molar-refractivity contribution in [3.8, 4) is 0 Å². The van der Waals surface area contributed by atoms with Crippen LogP contribution in [0.1, 0.15) is 44.4 Å². The van der Waals surface area contributed by atoms with E-state index in [1.165, 1.54) is 17.4 Å². The molecule has 5 unspecified atom stereocenters. The fourth-order valence-electron chi connectivity index (χ4n) is 4.50. The summed E-state index contributed by atoms with van der Waals surface area (Å²) in [6.07, 6.45) is 5.05. The van der Waals surface area contributed by atoms with Gasteiger partial charge in [-0.05, 0) is 30.7 Å². The van der Waals surface area contributed by atoms with Crippen LogP contribution in [0.5, 0.6) is 0 Å². The van der Waals surface area contributed by atoms with E-state index < -0.39 is 42.0 Å². The van der Waals surface area contributed by atoms with Crippen LogP contribution in [0.3, 0.4) is 0 Å². The summed E-state index contributed by atoms with van der Waals surface area (Å²) in [5.74, 6) is -2.87. The van der Waals surface area contributed by atoms with Crippen molar-refractivity contribution in [2.45, 2.75) is 70.1 Å². The van der Waals surface area contributed by atoms with Gasteiger partial charge in [0.15, 0.2) is 0 Å². The number of aliphatic carboxylic acids is 1. The Kier molecular flexibility index (Phi) is 9.78. The Morgan fingerprint density at radius 3 is 2.54 bits per heavy atom. The van der Waals surface area contributed by atoms with Crippen LogP contribution in [0.2, 0.25) is 0 Å². The second-order valence-corrected chi connectivity index (χ2v) is 9.54. The van der Waals surface area contributed by atoms with E-state index in [4.69, 9.17) is 5.73 Å². The van der Waals surface area contributed by atoms with Gasteiger partial charge in [-0.1, -0.05) is 50.6 Å². The molecule has 0 bridgehead atoms. The van der Waals surface area contributed by atoms with Gasteiger partial charge in [-0.15, -0.1) is 0 Å². The number of benzene rings is 1. The van der Waals surface area contributed by atoms with Gasteiger partial charge in [-0.2, -0.15) is 0 Å². The Morgan fingerprint density at radius 2 is 1.92 bits per heavy atom. The monoisotopic (exact) mass is 512 g/mol. The third-order valence-electron chi connectivity index (χ3n) is 6.84. The first-order chi connectivity index (χ1) is 17.7. The average Bonchev–Trinajstić information content (AvgIpc) is 3.58.